The van der Waals surface area contributed by atoms with E-state index in [0.29, 0.717) is 25.1 Å². The van der Waals surface area contributed by atoms with Gasteiger partial charge in [-0.25, -0.2) is 0 Å². The first-order valence-electron chi connectivity index (χ1n) is 7.00. The van der Waals surface area contributed by atoms with E-state index in [9.17, 15) is 4.79 Å². The number of likely N-dealkylation sites (N-methyl/N-ethyl adjacent to an activating group) is 1. The number of ether oxygens (including phenoxy) is 1. The zero-order valence-electron chi connectivity index (χ0n) is 12.3. The molecule has 20 heavy (non-hydrogen) atoms. The first-order chi connectivity index (χ1) is 8.65. The second-order valence-corrected chi connectivity index (χ2v) is 5.43. The van der Waals surface area contributed by atoms with E-state index < -0.39 is 0 Å². The number of nitrogens with two attached hydrogens (primary N) is 1. The minimum atomic E-state index is -0.280. The number of carbonyl (C=O) groups is 1. The lowest BCUT2D eigenvalue weighted by molar-refractivity contribution is -0.150. The molecule has 0 aromatic rings. The van der Waals surface area contributed by atoms with Gasteiger partial charge in [-0.15, -0.1) is 24.8 Å². The molecule has 7 heteroatoms. The molecule has 2 aliphatic rings. The van der Waals surface area contributed by atoms with Crippen LogP contribution in [0.1, 0.15) is 20.3 Å². The summed E-state index contributed by atoms with van der Waals surface area (Å²) in [6, 6.07) is 0.298. The molecule has 120 valence electrons. The molecule has 2 N–H and O–H groups in total. The maximum absolute atomic E-state index is 12.5. The zero-order valence-corrected chi connectivity index (χ0v) is 13.9. The second kappa shape index (κ2) is 9.05. The summed E-state index contributed by atoms with van der Waals surface area (Å²) in [4.78, 5) is 16.7. The highest BCUT2D eigenvalue weighted by Crippen LogP contribution is 2.24. The molecule has 0 bridgehead atoms. The van der Waals surface area contributed by atoms with Crippen LogP contribution in [0.25, 0.3) is 0 Å². The Morgan fingerprint density at radius 2 is 2.05 bits per heavy atom. The summed E-state index contributed by atoms with van der Waals surface area (Å²) < 4.78 is 5.64. The summed E-state index contributed by atoms with van der Waals surface area (Å²) in [5, 5.41) is 0. The fraction of sp³-hybridized carbons (Fsp3) is 0.923. The predicted molar refractivity (Wildman–Crippen MR) is 84.7 cm³/mol. The average molecular weight is 328 g/mol. The number of hydrogen-bond donors (Lipinski definition) is 1. The van der Waals surface area contributed by atoms with E-state index in [-0.39, 0.29) is 36.8 Å². The van der Waals surface area contributed by atoms with Crippen molar-refractivity contribution in [2.45, 2.75) is 32.4 Å². The Hall–Kier alpha value is -0.0700. The van der Waals surface area contributed by atoms with E-state index in [1.165, 1.54) is 0 Å². The van der Waals surface area contributed by atoms with Crippen LogP contribution < -0.4 is 5.73 Å². The van der Waals surface area contributed by atoms with Crippen molar-refractivity contribution in [2.75, 3.05) is 39.3 Å². The van der Waals surface area contributed by atoms with E-state index in [1.807, 2.05) is 4.90 Å². The van der Waals surface area contributed by atoms with Gasteiger partial charge < -0.3 is 15.4 Å². The molecular weight excluding hydrogens is 301 g/mol. The molecule has 3 unspecified atom stereocenters. The quantitative estimate of drug-likeness (QED) is 0.830. The fourth-order valence-corrected chi connectivity index (χ4v) is 2.94. The molecule has 0 spiro atoms. The minimum absolute atomic E-state index is 0. The summed E-state index contributed by atoms with van der Waals surface area (Å²) in [6.45, 7) is 8.99. The highest BCUT2D eigenvalue weighted by molar-refractivity contribution is 5.85. The summed E-state index contributed by atoms with van der Waals surface area (Å²) in [6.07, 6.45) is 0.740. The second-order valence-electron chi connectivity index (χ2n) is 5.43. The number of amides is 1. The Bertz CT molecular complexity index is 307. The van der Waals surface area contributed by atoms with Crippen molar-refractivity contribution < 1.29 is 9.53 Å². The Kier molecular flexibility index (Phi) is 9.02. The first kappa shape index (κ1) is 19.9. The normalized spacial score (nSPS) is 30.6. The molecule has 2 aliphatic heterocycles. The Morgan fingerprint density at radius 3 is 2.60 bits per heavy atom. The van der Waals surface area contributed by atoms with Crippen molar-refractivity contribution in [2.24, 2.45) is 11.7 Å². The van der Waals surface area contributed by atoms with Gasteiger partial charge in [0.2, 0.25) is 0 Å². The topological polar surface area (TPSA) is 58.8 Å². The van der Waals surface area contributed by atoms with Crippen molar-refractivity contribution in [1.82, 2.24) is 9.80 Å². The summed E-state index contributed by atoms with van der Waals surface area (Å²) in [7, 11) is 0. The fourth-order valence-electron chi connectivity index (χ4n) is 2.94. The minimum Gasteiger partial charge on any atom is -0.366 e. The highest BCUT2D eigenvalue weighted by atomic mass is 35.5. The van der Waals surface area contributed by atoms with Crippen LogP contribution in [-0.4, -0.2) is 67.2 Å². The van der Waals surface area contributed by atoms with Crippen LogP contribution in [0, 0.1) is 5.92 Å². The number of carbonyl (C=O) groups excluding carboxylic acids is 1. The van der Waals surface area contributed by atoms with E-state index in [4.69, 9.17) is 10.5 Å². The summed E-state index contributed by atoms with van der Waals surface area (Å²) >= 11 is 0. The molecule has 1 amide bonds. The lowest BCUT2D eigenvalue weighted by Gasteiger charge is -2.34. The monoisotopic (exact) mass is 327 g/mol. The average Bonchev–Trinajstić information content (AvgIpc) is 2.79. The number of hydrogen-bond acceptors (Lipinski definition) is 4. The number of halogens is 2. The maximum Gasteiger partial charge on any atom is 0.253 e. The molecule has 2 saturated heterocycles. The zero-order chi connectivity index (χ0) is 13.1. The number of likely N-dealkylation sites (tertiary alicyclic amines) is 1. The van der Waals surface area contributed by atoms with Crippen molar-refractivity contribution >= 4 is 30.7 Å². The van der Waals surface area contributed by atoms with E-state index in [1.54, 1.807) is 0 Å². The van der Waals surface area contributed by atoms with Gasteiger partial charge in [-0.3, -0.25) is 9.69 Å². The van der Waals surface area contributed by atoms with Crippen molar-refractivity contribution in [3.8, 4) is 0 Å². The van der Waals surface area contributed by atoms with Crippen LogP contribution in [0.4, 0.5) is 0 Å². The van der Waals surface area contributed by atoms with Crippen molar-refractivity contribution in [1.29, 1.82) is 0 Å². The van der Waals surface area contributed by atoms with Gasteiger partial charge in [-0.05, 0) is 32.4 Å². The van der Waals surface area contributed by atoms with Crippen LogP contribution in [0.2, 0.25) is 0 Å². The molecule has 5 nitrogen and oxygen atoms in total. The molecule has 2 heterocycles. The molecule has 2 rings (SSSR count). The van der Waals surface area contributed by atoms with Gasteiger partial charge in [0.25, 0.3) is 5.91 Å². The van der Waals surface area contributed by atoms with Gasteiger partial charge in [0.15, 0.2) is 0 Å². The summed E-state index contributed by atoms with van der Waals surface area (Å²) in [5.74, 6) is 0.603. The third-order valence-electron chi connectivity index (χ3n) is 4.15. The van der Waals surface area contributed by atoms with Crippen LogP contribution >= 0.6 is 24.8 Å². The van der Waals surface area contributed by atoms with Gasteiger partial charge in [-0.1, -0.05) is 6.92 Å². The molecule has 0 aromatic carbocycles. The van der Waals surface area contributed by atoms with Crippen molar-refractivity contribution in [3.63, 3.8) is 0 Å². The van der Waals surface area contributed by atoms with Crippen LogP contribution in [-0.2, 0) is 9.53 Å². The Labute approximate surface area is 134 Å². The first-order valence-corrected chi connectivity index (χ1v) is 7.00. The van der Waals surface area contributed by atoms with Gasteiger partial charge in [0, 0.05) is 25.7 Å². The lowest BCUT2D eigenvalue weighted by atomic mass is 10.1. The highest BCUT2D eigenvalue weighted by Gasteiger charge is 2.37. The number of nitrogens with zero attached hydrogens (tertiary/aromatic N) is 2. The van der Waals surface area contributed by atoms with Crippen LogP contribution in [0.15, 0.2) is 0 Å². The van der Waals surface area contributed by atoms with E-state index in [0.717, 1.165) is 32.6 Å². The van der Waals surface area contributed by atoms with Gasteiger partial charge in [0.05, 0.1) is 6.61 Å². The predicted octanol–water partition coefficient (Wildman–Crippen LogP) is 0.746. The standard InChI is InChI=1S/C13H25N3O2.2ClH/c1-3-15-4-5-18-12(9-15)13(17)16-8-11(7-14)6-10(16)2;;/h10-12H,3-9,14H2,1-2H3;2*1H. The van der Waals surface area contributed by atoms with E-state index in [2.05, 4.69) is 18.7 Å². The maximum atomic E-state index is 12.5. The number of rotatable bonds is 3. The van der Waals surface area contributed by atoms with Gasteiger partial charge in [-0.2, -0.15) is 0 Å². The van der Waals surface area contributed by atoms with Crippen molar-refractivity contribution in [3.05, 3.63) is 0 Å². The molecule has 3 atom stereocenters. The largest absolute Gasteiger partial charge is 0.366 e. The molecular formula is C13H27Cl2N3O2. The number of morpholine rings is 1. The smallest absolute Gasteiger partial charge is 0.253 e. The summed E-state index contributed by atoms with van der Waals surface area (Å²) in [5.41, 5.74) is 5.70. The third kappa shape index (κ3) is 4.46. The molecule has 0 aromatic heterocycles. The SMILES string of the molecule is CCN1CCOC(C(=O)N2CC(CN)CC2C)C1.Cl.Cl. The molecule has 2 fully saturated rings. The lowest BCUT2D eigenvalue weighted by Crippen LogP contribution is -2.51. The van der Waals surface area contributed by atoms with Crippen LogP contribution in [0.5, 0.6) is 0 Å². The molecule has 0 radical (unpaired) electrons. The van der Waals surface area contributed by atoms with Gasteiger partial charge in [0.1, 0.15) is 6.10 Å². The Balaban J connectivity index is 0.00000180. The van der Waals surface area contributed by atoms with E-state index >= 15 is 0 Å². The molecule has 0 aliphatic carbocycles. The Morgan fingerprint density at radius 1 is 1.35 bits per heavy atom. The van der Waals surface area contributed by atoms with Crippen LogP contribution in [0.3, 0.4) is 0 Å². The third-order valence-corrected chi connectivity index (χ3v) is 4.15. The van der Waals surface area contributed by atoms with Gasteiger partial charge >= 0.3 is 0 Å². The molecule has 0 saturated carbocycles.